The fourth-order valence-electron chi connectivity index (χ4n) is 1.84. The van der Waals surface area contributed by atoms with E-state index in [1.165, 1.54) is 24.3 Å². The third-order valence-electron chi connectivity index (χ3n) is 3.05. The Morgan fingerprint density at radius 3 is 2.71 bits per heavy atom. The summed E-state index contributed by atoms with van der Waals surface area (Å²) in [4.78, 5) is 10.1. The van der Waals surface area contributed by atoms with Crippen molar-refractivity contribution in [1.29, 1.82) is 5.26 Å². The summed E-state index contributed by atoms with van der Waals surface area (Å²) in [6.07, 6.45) is 0. The molecule has 1 N–H and O–H groups in total. The number of hydrogen-bond donors (Lipinski definition) is 1. The van der Waals surface area contributed by atoms with Gasteiger partial charge in [-0.15, -0.1) is 0 Å². The van der Waals surface area contributed by atoms with E-state index in [2.05, 4.69) is 5.32 Å². The number of nitrogens with one attached hydrogen (secondary N) is 1. The number of nitro groups is 1. The van der Waals surface area contributed by atoms with Gasteiger partial charge in [0.25, 0.3) is 5.69 Å². The lowest BCUT2D eigenvalue weighted by molar-refractivity contribution is -0.384. The zero-order valence-electron chi connectivity index (χ0n) is 11.3. The Kier molecular flexibility index (Phi) is 4.14. The Hall–Kier alpha value is -2.94. The minimum atomic E-state index is -0.556. The minimum absolute atomic E-state index is 0.140. The monoisotopic (exact) mass is 285 g/mol. The fourth-order valence-corrected chi connectivity index (χ4v) is 1.84. The average Bonchev–Trinajstić information content (AvgIpc) is 2.48. The molecule has 0 bridgehead atoms. The molecular weight excluding hydrogens is 273 g/mol. The van der Waals surface area contributed by atoms with Crippen molar-refractivity contribution in [3.63, 3.8) is 0 Å². The molecule has 106 valence electrons. The quantitative estimate of drug-likeness (QED) is 0.688. The summed E-state index contributed by atoms with van der Waals surface area (Å²) < 4.78 is 13.4. The molecule has 0 spiro atoms. The summed E-state index contributed by atoms with van der Waals surface area (Å²) in [6.45, 7) is 2.00. The second-order valence-electron chi connectivity index (χ2n) is 4.54. The van der Waals surface area contributed by atoms with Crippen LogP contribution in [-0.2, 0) is 6.54 Å². The number of nitriles is 1. The standard InChI is InChI=1S/C15H12FN3O2/c1-10-2-3-11(6-14(10)16)9-18-15-5-4-13(19(20)21)7-12(15)8-17/h2-7,18H,9H2,1H3. The van der Waals surface area contributed by atoms with Crippen molar-refractivity contribution in [1.82, 2.24) is 0 Å². The van der Waals surface area contributed by atoms with Crippen LogP contribution in [0.1, 0.15) is 16.7 Å². The molecule has 0 aliphatic rings. The van der Waals surface area contributed by atoms with Gasteiger partial charge in [0, 0.05) is 18.7 Å². The van der Waals surface area contributed by atoms with Gasteiger partial charge >= 0.3 is 0 Å². The predicted molar refractivity (Wildman–Crippen MR) is 76.3 cm³/mol. The summed E-state index contributed by atoms with van der Waals surface area (Å²) in [5.74, 6) is -0.293. The Morgan fingerprint density at radius 1 is 1.33 bits per heavy atom. The van der Waals surface area contributed by atoms with Crippen molar-refractivity contribution in [2.24, 2.45) is 0 Å². The number of halogens is 1. The normalized spacial score (nSPS) is 9.95. The lowest BCUT2D eigenvalue weighted by Crippen LogP contribution is -2.02. The number of anilines is 1. The van der Waals surface area contributed by atoms with Crippen LogP contribution in [0.3, 0.4) is 0 Å². The Labute approximate surface area is 120 Å². The zero-order valence-corrected chi connectivity index (χ0v) is 11.3. The summed E-state index contributed by atoms with van der Waals surface area (Å²) in [7, 11) is 0. The largest absolute Gasteiger partial charge is 0.380 e. The van der Waals surface area contributed by atoms with E-state index in [0.717, 1.165) is 5.56 Å². The molecule has 0 saturated carbocycles. The number of rotatable bonds is 4. The highest BCUT2D eigenvalue weighted by Crippen LogP contribution is 2.22. The van der Waals surface area contributed by atoms with Crippen molar-refractivity contribution < 1.29 is 9.31 Å². The van der Waals surface area contributed by atoms with Gasteiger partial charge in [0.15, 0.2) is 0 Å². The third kappa shape index (κ3) is 3.34. The van der Waals surface area contributed by atoms with Gasteiger partial charge in [-0.2, -0.15) is 5.26 Å². The van der Waals surface area contributed by atoms with Gasteiger partial charge in [-0.25, -0.2) is 4.39 Å². The number of benzene rings is 2. The van der Waals surface area contributed by atoms with Crippen LogP contribution in [0, 0.1) is 34.2 Å². The molecule has 21 heavy (non-hydrogen) atoms. The molecule has 0 radical (unpaired) electrons. The van der Waals surface area contributed by atoms with Crippen molar-refractivity contribution in [3.05, 3.63) is 69.0 Å². The molecule has 0 aromatic heterocycles. The summed E-state index contributed by atoms with van der Waals surface area (Å²) in [6, 6.07) is 10.8. The van der Waals surface area contributed by atoms with Gasteiger partial charge in [0.2, 0.25) is 0 Å². The second kappa shape index (κ2) is 6.01. The third-order valence-corrected chi connectivity index (χ3v) is 3.05. The van der Waals surface area contributed by atoms with Crippen LogP contribution in [0.4, 0.5) is 15.8 Å². The van der Waals surface area contributed by atoms with Gasteiger partial charge in [-0.1, -0.05) is 12.1 Å². The van der Waals surface area contributed by atoms with E-state index in [9.17, 15) is 14.5 Å². The number of nitrogens with zero attached hydrogens (tertiary/aromatic N) is 2. The first-order valence-electron chi connectivity index (χ1n) is 6.18. The lowest BCUT2D eigenvalue weighted by atomic mass is 10.1. The van der Waals surface area contributed by atoms with E-state index in [1.54, 1.807) is 19.1 Å². The SMILES string of the molecule is Cc1ccc(CNc2ccc([N+](=O)[O-])cc2C#N)cc1F. The van der Waals surface area contributed by atoms with Crippen LogP contribution in [0.25, 0.3) is 0 Å². The van der Waals surface area contributed by atoms with E-state index >= 15 is 0 Å². The Balaban J connectivity index is 2.18. The maximum Gasteiger partial charge on any atom is 0.270 e. The first kappa shape index (κ1) is 14.5. The molecule has 0 aliphatic carbocycles. The van der Waals surface area contributed by atoms with Gasteiger partial charge < -0.3 is 5.32 Å². The Bertz CT molecular complexity index is 738. The molecule has 0 saturated heterocycles. The van der Waals surface area contributed by atoms with E-state index in [-0.39, 0.29) is 17.1 Å². The fraction of sp³-hybridized carbons (Fsp3) is 0.133. The highest BCUT2D eigenvalue weighted by molar-refractivity contribution is 5.61. The molecule has 0 atom stereocenters. The number of nitro benzene ring substituents is 1. The van der Waals surface area contributed by atoms with Crippen molar-refractivity contribution in [3.8, 4) is 6.07 Å². The van der Waals surface area contributed by atoms with Crippen LogP contribution in [0.15, 0.2) is 36.4 Å². The first-order valence-corrected chi connectivity index (χ1v) is 6.18. The molecule has 0 heterocycles. The Morgan fingerprint density at radius 2 is 2.10 bits per heavy atom. The van der Waals surface area contributed by atoms with Crippen LogP contribution in [0.5, 0.6) is 0 Å². The highest BCUT2D eigenvalue weighted by Gasteiger charge is 2.10. The van der Waals surface area contributed by atoms with Crippen LogP contribution in [-0.4, -0.2) is 4.92 Å². The van der Waals surface area contributed by atoms with E-state index in [1.807, 2.05) is 6.07 Å². The topological polar surface area (TPSA) is 79.0 Å². The maximum absolute atomic E-state index is 13.4. The van der Waals surface area contributed by atoms with Crippen LogP contribution >= 0.6 is 0 Å². The summed E-state index contributed by atoms with van der Waals surface area (Å²) >= 11 is 0. The molecule has 2 rings (SSSR count). The maximum atomic E-state index is 13.4. The molecule has 0 unspecified atom stereocenters. The van der Waals surface area contributed by atoms with E-state index < -0.39 is 4.92 Å². The highest BCUT2D eigenvalue weighted by atomic mass is 19.1. The number of non-ortho nitro benzene ring substituents is 1. The molecule has 0 aliphatic heterocycles. The molecular formula is C15H12FN3O2. The van der Waals surface area contributed by atoms with Crippen molar-refractivity contribution in [2.75, 3.05) is 5.32 Å². The molecule has 5 nitrogen and oxygen atoms in total. The molecule has 6 heteroatoms. The average molecular weight is 285 g/mol. The van der Waals surface area contributed by atoms with Gasteiger partial charge in [-0.3, -0.25) is 10.1 Å². The minimum Gasteiger partial charge on any atom is -0.380 e. The molecule has 2 aromatic rings. The smallest absolute Gasteiger partial charge is 0.270 e. The van der Waals surface area contributed by atoms with Crippen LogP contribution in [0.2, 0.25) is 0 Å². The first-order chi connectivity index (χ1) is 10.0. The summed E-state index contributed by atoms with van der Waals surface area (Å²) in [5, 5.41) is 22.7. The second-order valence-corrected chi connectivity index (χ2v) is 4.54. The van der Waals surface area contributed by atoms with Gasteiger partial charge in [0.1, 0.15) is 11.9 Å². The zero-order chi connectivity index (χ0) is 15.4. The van der Waals surface area contributed by atoms with Crippen molar-refractivity contribution in [2.45, 2.75) is 13.5 Å². The van der Waals surface area contributed by atoms with E-state index in [0.29, 0.717) is 17.8 Å². The van der Waals surface area contributed by atoms with Gasteiger partial charge in [0.05, 0.1) is 16.2 Å². The molecule has 2 aromatic carbocycles. The van der Waals surface area contributed by atoms with Gasteiger partial charge in [-0.05, 0) is 30.2 Å². The predicted octanol–water partition coefficient (Wildman–Crippen LogP) is 3.53. The van der Waals surface area contributed by atoms with Crippen LogP contribution < -0.4 is 5.32 Å². The molecule has 0 amide bonds. The summed E-state index contributed by atoms with van der Waals surface area (Å²) in [5.41, 5.74) is 1.80. The molecule has 0 fully saturated rings. The number of hydrogen-bond acceptors (Lipinski definition) is 4. The number of aryl methyl sites for hydroxylation is 1. The lowest BCUT2D eigenvalue weighted by Gasteiger charge is -2.09. The van der Waals surface area contributed by atoms with E-state index in [4.69, 9.17) is 5.26 Å². The van der Waals surface area contributed by atoms with Crippen molar-refractivity contribution >= 4 is 11.4 Å².